The molecule has 0 spiro atoms. The SMILES string of the molecule is Cc1cc(C)cc(-c2nc(-c3ccc(-n4c5ccccc5c5cc(-c6ccc7sc8ccc9ccccc9c8c7c6)ccc54)cc3)nc3ccccc23)c1. The lowest BCUT2D eigenvalue weighted by atomic mass is 9.99. The third-order valence-electron chi connectivity index (χ3n) is 10.8. The fraction of sp³-hybridized carbons (Fsp3) is 0.0400. The lowest BCUT2D eigenvalue weighted by Crippen LogP contribution is -1.97. The maximum Gasteiger partial charge on any atom is 0.160 e. The van der Waals surface area contributed by atoms with Crippen LogP contribution in [0.4, 0.5) is 0 Å². The Bertz CT molecular complexity index is 3270. The predicted octanol–water partition coefficient (Wildman–Crippen LogP) is 13.9. The molecule has 254 valence electrons. The Hall–Kier alpha value is -6.62. The molecular formula is C50H33N3S. The molecule has 54 heavy (non-hydrogen) atoms. The summed E-state index contributed by atoms with van der Waals surface area (Å²) in [6.07, 6.45) is 0. The Morgan fingerprint density at radius 3 is 1.93 bits per heavy atom. The molecule has 11 aromatic rings. The van der Waals surface area contributed by atoms with E-state index in [0.29, 0.717) is 0 Å². The first-order chi connectivity index (χ1) is 26.6. The molecule has 3 nitrogen and oxygen atoms in total. The van der Waals surface area contributed by atoms with Gasteiger partial charge < -0.3 is 4.57 Å². The Balaban J connectivity index is 1.02. The first-order valence-corrected chi connectivity index (χ1v) is 19.2. The minimum absolute atomic E-state index is 0.727. The number of fused-ring (bicyclic) bond motifs is 9. The second-order valence-electron chi connectivity index (χ2n) is 14.4. The van der Waals surface area contributed by atoms with Gasteiger partial charge in [0.2, 0.25) is 0 Å². The highest BCUT2D eigenvalue weighted by molar-refractivity contribution is 7.26. The number of rotatable bonds is 4. The van der Waals surface area contributed by atoms with E-state index in [1.807, 2.05) is 17.4 Å². The molecule has 0 amide bonds. The molecule has 0 aliphatic heterocycles. The minimum Gasteiger partial charge on any atom is -0.309 e. The van der Waals surface area contributed by atoms with E-state index in [2.05, 4.69) is 176 Å². The van der Waals surface area contributed by atoms with Gasteiger partial charge in [-0.15, -0.1) is 11.3 Å². The standard InChI is InChI=1S/C50H33N3S/c1-30-25-31(2)27-36(26-30)49-40-12-5-7-13-43(40)51-50(52-49)33-15-20-37(21-16-33)53-44-14-8-6-11-39(44)41-28-34(17-22-45(41)53)35-19-23-46-42(29-35)48-38-10-4-3-9-32(38)18-24-47(48)54-46/h3-29H,1-2H3. The van der Waals surface area contributed by atoms with Crippen molar-refractivity contribution in [1.29, 1.82) is 0 Å². The minimum atomic E-state index is 0.727. The fourth-order valence-electron chi connectivity index (χ4n) is 8.45. The van der Waals surface area contributed by atoms with Gasteiger partial charge in [0, 0.05) is 53.1 Å². The number of hydrogen-bond acceptors (Lipinski definition) is 3. The van der Waals surface area contributed by atoms with Crippen LogP contribution >= 0.6 is 11.3 Å². The summed E-state index contributed by atoms with van der Waals surface area (Å²) in [6.45, 7) is 4.28. The normalized spacial score (nSPS) is 11.9. The van der Waals surface area contributed by atoms with Crippen LogP contribution in [0.3, 0.4) is 0 Å². The summed E-state index contributed by atoms with van der Waals surface area (Å²) in [6, 6.07) is 59.5. The summed E-state index contributed by atoms with van der Waals surface area (Å²) in [4.78, 5) is 10.2. The van der Waals surface area contributed by atoms with Gasteiger partial charge in [0.05, 0.1) is 22.2 Å². The topological polar surface area (TPSA) is 30.7 Å². The summed E-state index contributed by atoms with van der Waals surface area (Å²) in [7, 11) is 0. The average Bonchev–Trinajstić information content (AvgIpc) is 3.75. The second-order valence-corrected chi connectivity index (χ2v) is 15.5. The van der Waals surface area contributed by atoms with Crippen LogP contribution in [0.25, 0.3) is 103 Å². The van der Waals surface area contributed by atoms with Crippen LogP contribution in [0.15, 0.2) is 164 Å². The lowest BCUT2D eigenvalue weighted by Gasteiger charge is -2.12. The molecule has 0 radical (unpaired) electrons. The van der Waals surface area contributed by atoms with Crippen LogP contribution < -0.4 is 0 Å². The van der Waals surface area contributed by atoms with Crippen LogP contribution in [0.2, 0.25) is 0 Å². The molecule has 0 saturated carbocycles. The van der Waals surface area contributed by atoms with E-state index in [4.69, 9.17) is 9.97 Å². The Morgan fingerprint density at radius 2 is 1.09 bits per heavy atom. The number of aromatic nitrogens is 3. The van der Waals surface area contributed by atoms with E-state index in [1.165, 1.54) is 75.0 Å². The number of aryl methyl sites for hydroxylation is 2. The van der Waals surface area contributed by atoms with Gasteiger partial charge >= 0.3 is 0 Å². The van der Waals surface area contributed by atoms with Gasteiger partial charge in [-0.2, -0.15) is 0 Å². The maximum atomic E-state index is 5.18. The molecule has 3 aromatic heterocycles. The maximum absolute atomic E-state index is 5.18. The molecule has 0 fully saturated rings. The number of thiophene rings is 1. The predicted molar refractivity (Wildman–Crippen MR) is 230 cm³/mol. The summed E-state index contributed by atoms with van der Waals surface area (Å²) in [5.74, 6) is 0.727. The molecule has 0 aliphatic rings. The average molecular weight is 708 g/mol. The second kappa shape index (κ2) is 12.0. The van der Waals surface area contributed by atoms with Gasteiger partial charge in [-0.05, 0) is 115 Å². The van der Waals surface area contributed by atoms with Gasteiger partial charge in [-0.25, -0.2) is 9.97 Å². The third-order valence-corrected chi connectivity index (χ3v) is 12.0. The van der Waals surface area contributed by atoms with Crippen molar-refractivity contribution in [2.45, 2.75) is 13.8 Å². The molecule has 8 aromatic carbocycles. The molecule has 0 unspecified atom stereocenters. The van der Waals surface area contributed by atoms with E-state index in [1.54, 1.807) is 0 Å². The molecule has 0 aliphatic carbocycles. The molecule has 4 heteroatoms. The molecule has 11 rings (SSSR count). The van der Waals surface area contributed by atoms with E-state index in [0.717, 1.165) is 39.2 Å². The van der Waals surface area contributed by atoms with E-state index in [9.17, 15) is 0 Å². The van der Waals surface area contributed by atoms with Crippen molar-refractivity contribution in [3.63, 3.8) is 0 Å². The fourth-order valence-corrected chi connectivity index (χ4v) is 9.56. The highest BCUT2D eigenvalue weighted by atomic mass is 32.1. The van der Waals surface area contributed by atoms with Crippen molar-refractivity contribution in [2.24, 2.45) is 0 Å². The third kappa shape index (κ3) is 4.88. The van der Waals surface area contributed by atoms with Crippen LogP contribution in [0.1, 0.15) is 11.1 Å². The summed E-state index contributed by atoms with van der Waals surface area (Å²) < 4.78 is 5.03. The van der Waals surface area contributed by atoms with Crippen molar-refractivity contribution >= 4 is 75.0 Å². The quantitative estimate of drug-likeness (QED) is 0.182. The van der Waals surface area contributed by atoms with Gasteiger partial charge in [0.15, 0.2) is 5.82 Å². The first-order valence-electron chi connectivity index (χ1n) is 18.4. The number of nitrogens with zero attached hydrogens (tertiary/aromatic N) is 3. The number of hydrogen-bond donors (Lipinski definition) is 0. The highest BCUT2D eigenvalue weighted by Crippen LogP contribution is 2.41. The van der Waals surface area contributed by atoms with Gasteiger partial charge in [0.1, 0.15) is 0 Å². The summed E-state index contributed by atoms with van der Waals surface area (Å²) in [5.41, 5.74) is 12.4. The van der Waals surface area contributed by atoms with Crippen LogP contribution in [-0.4, -0.2) is 14.5 Å². The van der Waals surface area contributed by atoms with Crippen LogP contribution in [0, 0.1) is 13.8 Å². The summed E-state index contributed by atoms with van der Waals surface area (Å²) in [5, 5.41) is 8.81. The Kier molecular flexibility index (Phi) is 6.85. The van der Waals surface area contributed by atoms with Crippen molar-refractivity contribution in [3.8, 4) is 39.5 Å². The number of para-hydroxylation sites is 2. The smallest absolute Gasteiger partial charge is 0.160 e. The van der Waals surface area contributed by atoms with Crippen molar-refractivity contribution < 1.29 is 0 Å². The van der Waals surface area contributed by atoms with E-state index < -0.39 is 0 Å². The zero-order chi connectivity index (χ0) is 35.9. The monoisotopic (exact) mass is 707 g/mol. The van der Waals surface area contributed by atoms with Gasteiger partial charge in [0.25, 0.3) is 0 Å². The van der Waals surface area contributed by atoms with Crippen LogP contribution in [0.5, 0.6) is 0 Å². The van der Waals surface area contributed by atoms with E-state index >= 15 is 0 Å². The molecule has 0 bridgehead atoms. The number of benzene rings is 8. The van der Waals surface area contributed by atoms with Crippen LogP contribution in [-0.2, 0) is 0 Å². The van der Waals surface area contributed by atoms with Crippen molar-refractivity contribution in [3.05, 3.63) is 175 Å². The molecular weight excluding hydrogens is 675 g/mol. The Labute approximate surface area is 316 Å². The van der Waals surface area contributed by atoms with E-state index in [-0.39, 0.29) is 0 Å². The van der Waals surface area contributed by atoms with Gasteiger partial charge in [-0.1, -0.05) is 96.1 Å². The van der Waals surface area contributed by atoms with Gasteiger partial charge in [-0.3, -0.25) is 0 Å². The first kappa shape index (κ1) is 31.0. The zero-order valence-corrected chi connectivity index (χ0v) is 30.7. The molecule has 0 saturated heterocycles. The van der Waals surface area contributed by atoms with Crippen molar-refractivity contribution in [1.82, 2.24) is 14.5 Å². The lowest BCUT2D eigenvalue weighted by molar-refractivity contribution is 1.17. The summed E-state index contributed by atoms with van der Waals surface area (Å²) >= 11 is 1.87. The zero-order valence-electron chi connectivity index (χ0n) is 29.8. The van der Waals surface area contributed by atoms with Crippen molar-refractivity contribution in [2.75, 3.05) is 0 Å². The highest BCUT2D eigenvalue weighted by Gasteiger charge is 2.17. The molecule has 3 heterocycles. The Morgan fingerprint density at radius 1 is 0.444 bits per heavy atom. The molecule has 0 N–H and O–H groups in total. The molecule has 0 atom stereocenters. The largest absolute Gasteiger partial charge is 0.309 e.